The van der Waals surface area contributed by atoms with Crippen molar-refractivity contribution in [1.29, 1.82) is 0 Å². The van der Waals surface area contributed by atoms with Gasteiger partial charge in [0.2, 0.25) is 0 Å². The number of aryl methyl sites for hydroxylation is 1. The van der Waals surface area contributed by atoms with Gasteiger partial charge in [0.05, 0.1) is 25.0 Å². The third kappa shape index (κ3) is 1.58. The van der Waals surface area contributed by atoms with Gasteiger partial charge in [0.25, 0.3) is 0 Å². The predicted octanol–water partition coefficient (Wildman–Crippen LogP) is 2.37. The van der Waals surface area contributed by atoms with Crippen LogP contribution in [-0.2, 0) is 7.05 Å². The second-order valence-corrected chi connectivity index (χ2v) is 6.41. The minimum absolute atomic E-state index is 0.275. The topological polar surface area (TPSA) is 39.1 Å². The van der Waals surface area contributed by atoms with Crippen LogP contribution in [0.25, 0.3) is 0 Å². The van der Waals surface area contributed by atoms with Crippen molar-refractivity contribution < 1.29 is 4.74 Å². The highest BCUT2D eigenvalue weighted by Gasteiger charge is 2.67. The summed E-state index contributed by atoms with van der Waals surface area (Å²) in [5, 5.41) is 7.77. The van der Waals surface area contributed by atoms with E-state index in [1.165, 1.54) is 0 Å². The molecule has 1 N–H and O–H groups in total. The van der Waals surface area contributed by atoms with Crippen molar-refractivity contribution in [3.8, 4) is 5.75 Å². The number of hydrogen-bond donors (Lipinski definition) is 1. The first-order valence-corrected chi connectivity index (χ1v) is 6.52. The van der Waals surface area contributed by atoms with Crippen LogP contribution in [0.5, 0.6) is 5.75 Å². The fourth-order valence-electron chi connectivity index (χ4n) is 3.48. The Bertz CT molecular complexity index is 434. The molecule has 0 radical (unpaired) electrons. The third-order valence-electron chi connectivity index (χ3n) is 5.24. The zero-order chi connectivity index (χ0) is 13.7. The standard InChI is InChI=1S/C14H25N3O/c1-13(2)12(14(13,3)4)10(15-5)11-9(18-7)8-16-17(11)6/h8,10,12,15H,1-7H3. The molecule has 1 aromatic heterocycles. The van der Waals surface area contributed by atoms with Crippen LogP contribution >= 0.6 is 0 Å². The van der Waals surface area contributed by atoms with Crippen LogP contribution < -0.4 is 10.1 Å². The van der Waals surface area contributed by atoms with Gasteiger partial charge in [0.15, 0.2) is 5.75 Å². The van der Waals surface area contributed by atoms with Crippen molar-refractivity contribution in [3.63, 3.8) is 0 Å². The number of rotatable bonds is 4. The molecular formula is C14H25N3O. The summed E-state index contributed by atoms with van der Waals surface area (Å²) in [6, 6.07) is 0.275. The van der Waals surface area contributed by atoms with E-state index in [1.54, 1.807) is 13.3 Å². The molecule has 0 spiro atoms. The van der Waals surface area contributed by atoms with Crippen molar-refractivity contribution in [3.05, 3.63) is 11.9 Å². The van der Waals surface area contributed by atoms with Gasteiger partial charge in [-0.3, -0.25) is 4.68 Å². The van der Waals surface area contributed by atoms with Gasteiger partial charge in [-0.2, -0.15) is 5.10 Å². The molecule has 1 heterocycles. The molecule has 1 fully saturated rings. The summed E-state index contributed by atoms with van der Waals surface area (Å²) in [7, 11) is 5.70. The first-order valence-electron chi connectivity index (χ1n) is 6.52. The van der Waals surface area contributed by atoms with Gasteiger partial charge in [-0.1, -0.05) is 27.7 Å². The van der Waals surface area contributed by atoms with E-state index in [2.05, 4.69) is 38.1 Å². The van der Waals surface area contributed by atoms with Crippen LogP contribution in [0.3, 0.4) is 0 Å². The maximum absolute atomic E-state index is 5.44. The van der Waals surface area contributed by atoms with Crippen molar-refractivity contribution >= 4 is 0 Å². The lowest BCUT2D eigenvalue weighted by Crippen LogP contribution is -2.24. The van der Waals surface area contributed by atoms with E-state index in [1.807, 2.05) is 18.8 Å². The number of ether oxygens (including phenoxy) is 1. The normalized spacial score (nSPS) is 22.8. The molecule has 0 aliphatic heterocycles. The van der Waals surface area contributed by atoms with Crippen LogP contribution in [0.2, 0.25) is 0 Å². The van der Waals surface area contributed by atoms with Crippen molar-refractivity contribution in [2.75, 3.05) is 14.2 Å². The molecule has 1 aliphatic rings. The Kier molecular flexibility index (Phi) is 2.97. The molecule has 4 heteroatoms. The molecule has 102 valence electrons. The summed E-state index contributed by atoms with van der Waals surface area (Å²) in [4.78, 5) is 0. The molecule has 0 bridgehead atoms. The van der Waals surface area contributed by atoms with Gasteiger partial charge in [-0.05, 0) is 23.8 Å². The highest BCUT2D eigenvalue weighted by atomic mass is 16.5. The Morgan fingerprint density at radius 1 is 1.33 bits per heavy atom. The van der Waals surface area contributed by atoms with Gasteiger partial charge in [0, 0.05) is 7.05 Å². The molecule has 1 saturated carbocycles. The Morgan fingerprint density at radius 3 is 2.28 bits per heavy atom. The van der Waals surface area contributed by atoms with E-state index in [9.17, 15) is 0 Å². The van der Waals surface area contributed by atoms with Crippen molar-refractivity contribution in [1.82, 2.24) is 15.1 Å². The van der Waals surface area contributed by atoms with E-state index >= 15 is 0 Å². The Balaban J connectivity index is 2.39. The van der Waals surface area contributed by atoms with Gasteiger partial charge >= 0.3 is 0 Å². The maximum Gasteiger partial charge on any atom is 0.161 e. The summed E-state index contributed by atoms with van der Waals surface area (Å²) in [5.41, 5.74) is 1.80. The average Bonchev–Trinajstić information content (AvgIpc) is 2.62. The van der Waals surface area contributed by atoms with E-state index in [0.717, 1.165) is 11.4 Å². The highest BCUT2D eigenvalue weighted by Crippen LogP contribution is 2.72. The van der Waals surface area contributed by atoms with Crippen LogP contribution in [0.1, 0.15) is 39.4 Å². The van der Waals surface area contributed by atoms with Crippen LogP contribution in [0.4, 0.5) is 0 Å². The minimum atomic E-state index is 0.275. The van der Waals surface area contributed by atoms with E-state index in [-0.39, 0.29) is 6.04 Å². The predicted molar refractivity (Wildman–Crippen MR) is 72.6 cm³/mol. The number of aromatic nitrogens is 2. The van der Waals surface area contributed by atoms with Gasteiger partial charge < -0.3 is 10.1 Å². The SMILES string of the molecule is CNC(c1c(OC)cnn1C)C1C(C)(C)C1(C)C. The van der Waals surface area contributed by atoms with Crippen LogP contribution in [0.15, 0.2) is 6.20 Å². The van der Waals surface area contributed by atoms with Gasteiger partial charge in [-0.15, -0.1) is 0 Å². The fraction of sp³-hybridized carbons (Fsp3) is 0.786. The highest BCUT2D eigenvalue weighted by molar-refractivity contribution is 5.32. The molecule has 0 aromatic carbocycles. The molecule has 1 aromatic rings. The molecule has 1 unspecified atom stereocenters. The number of methoxy groups -OCH3 is 1. The van der Waals surface area contributed by atoms with Crippen LogP contribution in [0, 0.1) is 16.7 Å². The van der Waals surface area contributed by atoms with Crippen LogP contribution in [-0.4, -0.2) is 23.9 Å². The van der Waals surface area contributed by atoms with E-state index < -0.39 is 0 Å². The Morgan fingerprint density at radius 2 is 1.89 bits per heavy atom. The molecule has 18 heavy (non-hydrogen) atoms. The van der Waals surface area contributed by atoms with Gasteiger partial charge in [-0.25, -0.2) is 0 Å². The van der Waals surface area contributed by atoms with E-state index in [0.29, 0.717) is 16.7 Å². The summed E-state index contributed by atoms with van der Waals surface area (Å²) < 4.78 is 7.36. The number of hydrogen-bond acceptors (Lipinski definition) is 3. The lowest BCUT2D eigenvalue weighted by Gasteiger charge is -2.20. The lowest BCUT2D eigenvalue weighted by atomic mass is 10.0. The van der Waals surface area contributed by atoms with E-state index in [4.69, 9.17) is 4.74 Å². The monoisotopic (exact) mass is 251 g/mol. The number of nitrogens with one attached hydrogen (secondary N) is 1. The van der Waals surface area contributed by atoms with Crippen molar-refractivity contribution in [2.45, 2.75) is 33.7 Å². The largest absolute Gasteiger partial charge is 0.493 e. The molecule has 4 nitrogen and oxygen atoms in total. The minimum Gasteiger partial charge on any atom is -0.493 e. The summed E-state index contributed by atoms with van der Waals surface area (Å²) in [6.07, 6.45) is 1.79. The first kappa shape index (κ1) is 13.4. The number of nitrogens with zero attached hydrogens (tertiary/aromatic N) is 2. The second-order valence-electron chi connectivity index (χ2n) is 6.41. The first-order chi connectivity index (χ1) is 8.29. The molecule has 1 atom stereocenters. The zero-order valence-corrected chi connectivity index (χ0v) is 12.5. The summed E-state index contributed by atoms with van der Waals surface area (Å²) >= 11 is 0. The van der Waals surface area contributed by atoms with Crippen molar-refractivity contribution in [2.24, 2.45) is 23.8 Å². The second kappa shape index (κ2) is 3.98. The smallest absolute Gasteiger partial charge is 0.161 e. The molecule has 0 amide bonds. The third-order valence-corrected chi connectivity index (χ3v) is 5.24. The molecular weight excluding hydrogens is 226 g/mol. The molecule has 0 saturated heterocycles. The summed E-state index contributed by atoms with van der Waals surface area (Å²) in [6.45, 7) is 9.35. The quantitative estimate of drug-likeness (QED) is 0.893. The molecule has 2 rings (SSSR count). The lowest BCUT2D eigenvalue weighted by molar-refractivity contribution is 0.370. The Hall–Kier alpha value is -1.03. The zero-order valence-electron chi connectivity index (χ0n) is 12.5. The van der Waals surface area contributed by atoms with Gasteiger partial charge in [0.1, 0.15) is 0 Å². The maximum atomic E-state index is 5.44. The fourth-order valence-corrected chi connectivity index (χ4v) is 3.48. The Labute approximate surface area is 110 Å². The average molecular weight is 251 g/mol. The summed E-state index contributed by atoms with van der Waals surface area (Å²) in [5.74, 6) is 1.45. The molecule has 1 aliphatic carbocycles.